The van der Waals surface area contributed by atoms with Gasteiger partial charge in [-0.3, -0.25) is 9.13 Å². The third kappa shape index (κ3) is 2.49. The fourth-order valence-electron chi connectivity index (χ4n) is 3.09. The Bertz CT molecular complexity index is 1110. The molecule has 4 aromatic rings. The first kappa shape index (κ1) is 15.5. The predicted octanol–water partition coefficient (Wildman–Crippen LogP) is 1.87. The van der Waals surface area contributed by atoms with Crippen LogP contribution in [-0.2, 0) is 27.2 Å². The molecule has 0 atom stereocenters. The van der Waals surface area contributed by atoms with E-state index in [1.165, 1.54) is 0 Å². The Balaban J connectivity index is 1.72. The zero-order valence-corrected chi connectivity index (χ0v) is 14.0. The number of imidazole rings is 2. The molecule has 0 aliphatic heterocycles. The number of nitrogens with zero attached hydrogens (tertiary/aromatic N) is 4. The molecule has 7 nitrogen and oxygen atoms in total. The number of benzene rings is 1. The molecular formula is C18H18N4O3. The van der Waals surface area contributed by atoms with Crippen LogP contribution < -0.4 is 5.69 Å². The van der Waals surface area contributed by atoms with Gasteiger partial charge in [-0.1, -0.05) is 6.07 Å². The molecular weight excluding hydrogens is 320 g/mol. The second kappa shape index (κ2) is 5.78. The number of rotatable bonds is 4. The highest BCUT2D eigenvalue weighted by molar-refractivity contribution is 5.76. The Hall–Kier alpha value is -3.06. The van der Waals surface area contributed by atoms with Crippen LogP contribution in [0.1, 0.15) is 11.3 Å². The minimum absolute atomic E-state index is 0.0393. The van der Waals surface area contributed by atoms with Crippen LogP contribution in [-0.4, -0.2) is 23.8 Å². The number of fused-ring (bicyclic) bond motifs is 1. The average molecular weight is 338 g/mol. The molecule has 0 aliphatic carbocycles. The highest BCUT2D eigenvalue weighted by atomic mass is 16.4. The summed E-state index contributed by atoms with van der Waals surface area (Å²) in [6.07, 6.45) is 3.60. The van der Waals surface area contributed by atoms with Crippen LogP contribution in [0.15, 0.2) is 51.9 Å². The monoisotopic (exact) mass is 338 g/mol. The van der Waals surface area contributed by atoms with Crippen LogP contribution in [0.5, 0.6) is 0 Å². The highest BCUT2D eigenvalue weighted by Crippen LogP contribution is 2.22. The van der Waals surface area contributed by atoms with E-state index in [1.54, 1.807) is 41.6 Å². The molecule has 7 heteroatoms. The molecule has 1 aromatic carbocycles. The van der Waals surface area contributed by atoms with Crippen LogP contribution in [0.25, 0.3) is 22.6 Å². The molecule has 0 amide bonds. The molecule has 4 rings (SSSR count). The summed E-state index contributed by atoms with van der Waals surface area (Å²) in [7, 11) is 3.55. The summed E-state index contributed by atoms with van der Waals surface area (Å²) in [6.45, 7) is 0.461. The molecule has 0 unspecified atom stereocenters. The lowest BCUT2D eigenvalue weighted by molar-refractivity contribution is 0.248. The van der Waals surface area contributed by atoms with Gasteiger partial charge in [0.25, 0.3) is 0 Å². The van der Waals surface area contributed by atoms with Crippen molar-refractivity contribution >= 4 is 11.0 Å². The van der Waals surface area contributed by atoms with Crippen LogP contribution in [0, 0.1) is 0 Å². The van der Waals surface area contributed by atoms with Crippen LogP contribution in [0.2, 0.25) is 0 Å². The van der Waals surface area contributed by atoms with E-state index in [1.807, 2.05) is 29.0 Å². The van der Waals surface area contributed by atoms with Gasteiger partial charge in [0.2, 0.25) is 0 Å². The van der Waals surface area contributed by atoms with Crippen molar-refractivity contribution in [1.82, 2.24) is 18.7 Å². The molecule has 0 bridgehead atoms. The fourth-order valence-corrected chi connectivity index (χ4v) is 3.09. The zero-order chi connectivity index (χ0) is 17.6. The molecule has 3 heterocycles. The van der Waals surface area contributed by atoms with Gasteiger partial charge in [0.15, 0.2) is 11.6 Å². The minimum atomic E-state index is -0.139. The molecule has 128 valence electrons. The van der Waals surface area contributed by atoms with Crippen LogP contribution >= 0.6 is 0 Å². The summed E-state index contributed by atoms with van der Waals surface area (Å²) >= 11 is 0. The first-order chi connectivity index (χ1) is 12.1. The van der Waals surface area contributed by atoms with E-state index in [9.17, 15) is 4.79 Å². The zero-order valence-electron chi connectivity index (χ0n) is 14.0. The first-order valence-electron chi connectivity index (χ1n) is 7.94. The van der Waals surface area contributed by atoms with Gasteiger partial charge in [0, 0.05) is 33.0 Å². The normalized spacial score (nSPS) is 11.5. The maximum absolute atomic E-state index is 12.1. The number of aryl methyl sites for hydroxylation is 2. The third-order valence-corrected chi connectivity index (χ3v) is 4.44. The number of hydrogen-bond acceptors (Lipinski definition) is 4. The fraction of sp³-hybridized carbons (Fsp3) is 0.222. The molecule has 25 heavy (non-hydrogen) atoms. The van der Waals surface area contributed by atoms with E-state index < -0.39 is 0 Å². The van der Waals surface area contributed by atoms with E-state index >= 15 is 0 Å². The van der Waals surface area contributed by atoms with Crippen LogP contribution in [0.4, 0.5) is 0 Å². The van der Waals surface area contributed by atoms with E-state index in [2.05, 4.69) is 4.98 Å². The summed E-state index contributed by atoms with van der Waals surface area (Å²) in [5.74, 6) is 1.81. The largest absolute Gasteiger partial charge is 0.455 e. The number of aromatic nitrogens is 4. The van der Waals surface area contributed by atoms with Gasteiger partial charge in [-0.05, 0) is 29.8 Å². The van der Waals surface area contributed by atoms with E-state index in [-0.39, 0.29) is 12.3 Å². The third-order valence-electron chi connectivity index (χ3n) is 4.44. The lowest BCUT2D eigenvalue weighted by atomic mass is 10.2. The van der Waals surface area contributed by atoms with E-state index in [0.717, 1.165) is 16.6 Å². The van der Waals surface area contributed by atoms with Gasteiger partial charge in [-0.15, -0.1) is 0 Å². The average Bonchev–Trinajstić information content (AvgIpc) is 3.32. The summed E-state index contributed by atoms with van der Waals surface area (Å²) in [4.78, 5) is 16.4. The molecule has 0 saturated carbocycles. The smallest absolute Gasteiger partial charge is 0.328 e. The Kier molecular flexibility index (Phi) is 3.58. The standard InChI is InChI=1S/C18H18N4O3/c1-20-14-5-3-12(9-15(14)21(2)18(20)24)10-22-8-7-19-17(22)16-6-4-13(11-23)25-16/h3-9,23H,10-11H2,1-2H3. The predicted molar refractivity (Wildman–Crippen MR) is 93.1 cm³/mol. The van der Waals surface area contributed by atoms with Gasteiger partial charge in [0.05, 0.1) is 11.0 Å². The molecule has 0 fully saturated rings. The Labute approximate surface area is 143 Å². The summed E-state index contributed by atoms with van der Waals surface area (Å²) < 4.78 is 10.8. The van der Waals surface area contributed by atoms with E-state index in [4.69, 9.17) is 9.52 Å². The van der Waals surface area contributed by atoms with Crippen molar-refractivity contribution in [2.24, 2.45) is 14.1 Å². The van der Waals surface area contributed by atoms with Gasteiger partial charge in [-0.25, -0.2) is 9.78 Å². The lowest BCUT2D eigenvalue weighted by Crippen LogP contribution is -2.19. The Morgan fingerprint density at radius 1 is 1.12 bits per heavy atom. The Morgan fingerprint density at radius 3 is 2.68 bits per heavy atom. The molecule has 0 aliphatic rings. The summed E-state index contributed by atoms with van der Waals surface area (Å²) in [6, 6.07) is 9.52. The van der Waals surface area contributed by atoms with Crippen LogP contribution in [0.3, 0.4) is 0 Å². The quantitative estimate of drug-likeness (QED) is 0.616. The maximum Gasteiger partial charge on any atom is 0.328 e. The molecule has 0 spiro atoms. The van der Waals surface area contributed by atoms with Crippen molar-refractivity contribution in [3.63, 3.8) is 0 Å². The van der Waals surface area contributed by atoms with Gasteiger partial charge < -0.3 is 14.1 Å². The van der Waals surface area contributed by atoms with Crippen molar-refractivity contribution in [1.29, 1.82) is 0 Å². The lowest BCUT2D eigenvalue weighted by Gasteiger charge is -2.07. The van der Waals surface area contributed by atoms with Crippen molar-refractivity contribution in [2.75, 3.05) is 0 Å². The van der Waals surface area contributed by atoms with Crippen molar-refractivity contribution in [3.05, 3.63) is 64.5 Å². The SMILES string of the molecule is Cn1c(=O)n(C)c2cc(Cn3ccnc3-c3ccc(CO)o3)ccc21. The molecule has 0 saturated heterocycles. The van der Waals surface area contributed by atoms with Gasteiger partial charge in [0.1, 0.15) is 12.4 Å². The highest BCUT2D eigenvalue weighted by Gasteiger charge is 2.12. The maximum atomic E-state index is 12.1. The topological polar surface area (TPSA) is 78.1 Å². The second-order valence-electron chi connectivity index (χ2n) is 6.03. The number of aliphatic hydroxyl groups excluding tert-OH is 1. The van der Waals surface area contributed by atoms with Gasteiger partial charge >= 0.3 is 5.69 Å². The van der Waals surface area contributed by atoms with Crippen molar-refractivity contribution in [2.45, 2.75) is 13.2 Å². The second-order valence-corrected chi connectivity index (χ2v) is 6.03. The van der Waals surface area contributed by atoms with Crippen molar-refractivity contribution < 1.29 is 9.52 Å². The van der Waals surface area contributed by atoms with Gasteiger partial charge in [-0.2, -0.15) is 0 Å². The first-order valence-corrected chi connectivity index (χ1v) is 7.94. The number of furan rings is 1. The number of hydrogen-bond donors (Lipinski definition) is 1. The Morgan fingerprint density at radius 2 is 1.92 bits per heavy atom. The summed E-state index contributed by atoms with van der Waals surface area (Å²) in [5, 5.41) is 9.15. The van der Waals surface area contributed by atoms with E-state index in [0.29, 0.717) is 23.9 Å². The molecule has 0 radical (unpaired) electrons. The minimum Gasteiger partial charge on any atom is -0.455 e. The molecule has 3 aromatic heterocycles. The number of aliphatic hydroxyl groups is 1. The van der Waals surface area contributed by atoms with Crippen molar-refractivity contribution in [3.8, 4) is 11.6 Å². The molecule has 1 N–H and O–H groups in total. The summed E-state index contributed by atoms with van der Waals surface area (Å²) in [5.41, 5.74) is 2.82.